The zero-order valence-electron chi connectivity index (χ0n) is 9.85. The highest BCUT2D eigenvalue weighted by molar-refractivity contribution is 7.87. The number of halogens is 1. The molecular weight excluding hydrogens is 251 g/mol. The molecule has 0 spiro atoms. The Morgan fingerprint density at radius 3 is 2.24 bits per heavy atom. The first-order valence-corrected chi connectivity index (χ1v) is 7.00. The highest BCUT2D eigenvalue weighted by Crippen LogP contribution is 2.40. The highest BCUT2D eigenvalue weighted by atomic mass is 32.2. The Morgan fingerprint density at radius 1 is 1.41 bits per heavy atom. The molecule has 1 atom stereocenters. The summed E-state index contributed by atoms with van der Waals surface area (Å²) in [6.45, 7) is 2.97. The molecule has 0 heterocycles. The van der Waals surface area contributed by atoms with Crippen molar-refractivity contribution in [2.24, 2.45) is 5.92 Å². The topological polar surface area (TPSA) is 80.7 Å². The maximum absolute atomic E-state index is 14.4. The Hall–Kier alpha value is -0.690. The van der Waals surface area contributed by atoms with E-state index in [2.05, 4.69) is 4.74 Å². The van der Waals surface area contributed by atoms with E-state index in [1.54, 1.807) is 0 Å². The first kappa shape index (κ1) is 14.4. The highest BCUT2D eigenvalue weighted by Gasteiger charge is 2.59. The van der Waals surface area contributed by atoms with Crippen molar-refractivity contribution in [3.8, 4) is 0 Å². The van der Waals surface area contributed by atoms with Gasteiger partial charge in [-0.2, -0.15) is 8.42 Å². The molecule has 5 nitrogen and oxygen atoms in total. The van der Waals surface area contributed by atoms with E-state index < -0.39 is 33.1 Å². The maximum atomic E-state index is 14.4. The Kier molecular flexibility index (Phi) is 4.14. The van der Waals surface area contributed by atoms with Crippen molar-refractivity contribution in [1.29, 1.82) is 0 Å². The number of carbonyl (C=O) groups excluding carboxylic acids is 1. The van der Waals surface area contributed by atoms with Crippen LogP contribution in [0.1, 0.15) is 39.5 Å². The quantitative estimate of drug-likeness (QED) is 0.619. The predicted molar refractivity (Wildman–Crippen MR) is 58.6 cm³/mol. The summed E-state index contributed by atoms with van der Waals surface area (Å²) in [7, 11) is -5.13. The van der Waals surface area contributed by atoms with E-state index in [0.717, 1.165) is 0 Å². The van der Waals surface area contributed by atoms with Crippen LogP contribution in [0.25, 0.3) is 0 Å². The molecular formula is C10H17FO5S. The van der Waals surface area contributed by atoms with E-state index in [0.29, 0.717) is 12.8 Å². The van der Waals surface area contributed by atoms with Crippen molar-refractivity contribution in [1.82, 2.24) is 0 Å². The van der Waals surface area contributed by atoms with Crippen molar-refractivity contribution in [2.45, 2.75) is 50.6 Å². The third-order valence-corrected chi connectivity index (χ3v) is 4.13. The van der Waals surface area contributed by atoms with E-state index in [4.69, 9.17) is 4.55 Å². The van der Waals surface area contributed by atoms with Gasteiger partial charge in [0, 0.05) is 5.92 Å². The van der Waals surface area contributed by atoms with Crippen LogP contribution in [0.4, 0.5) is 4.39 Å². The molecule has 1 saturated carbocycles. The van der Waals surface area contributed by atoms with E-state index >= 15 is 0 Å². The number of carbonyl (C=O) groups is 1. The molecule has 0 bridgehead atoms. The standard InChI is InChI=1S/C10H17FO5S/c1-7(2)16-9(12)10(11,17(13,14)15)8-5-3-4-6-8/h7-8H,3-6H2,1-2H3,(H,13,14,15). The van der Waals surface area contributed by atoms with Gasteiger partial charge in [-0.25, -0.2) is 9.18 Å². The molecule has 1 aliphatic carbocycles. The van der Waals surface area contributed by atoms with Crippen molar-refractivity contribution < 1.29 is 26.9 Å². The van der Waals surface area contributed by atoms with E-state index in [9.17, 15) is 17.6 Å². The number of alkyl halides is 1. The minimum absolute atomic E-state index is 0.253. The van der Waals surface area contributed by atoms with Gasteiger partial charge in [0.1, 0.15) is 0 Å². The molecule has 0 saturated heterocycles. The van der Waals surface area contributed by atoms with Gasteiger partial charge in [0.25, 0.3) is 0 Å². The number of hydrogen-bond acceptors (Lipinski definition) is 4. The molecule has 0 aromatic heterocycles. The van der Waals surface area contributed by atoms with Crippen molar-refractivity contribution in [2.75, 3.05) is 0 Å². The lowest BCUT2D eigenvalue weighted by Gasteiger charge is -2.26. The van der Waals surface area contributed by atoms with Crippen LogP contribution in [0.15, 0.2) is 0 Å². The second-order valence-corrected chi connectivity index (χ2v) is 6.10. The van der Waals surface area contributed by atoms with E-state index in [1.807, 2.05) is 0 Å². The Morgan fingerprint density at radius 2 is 1.88 bits per heavy atom. The number of hydrogen-bond donors (Lipinski definition) is 1. The lowest BCUT2D eigenvalue weighted by molar-refractivity contribution is -0.159. The molecule has 0 radical (unpaired) electrons. The zero-order valence-corrected chi connectivity index (χ0v) is 10.7. The molecule has 17 heavy (non-hydrogen) atoms. The van der Waals surface area contributed by atoms with Crippen molar-refractivity contribution >= 4 is 16.1 Å². The van der Waals surface area contributed by atoms with Crippen LogP contribution < -0.4 is 0 Å². The van der Waals surface area contributed by atoms with Crippen LogP contribution in [0.5, 0.6) is 0 Å². The summed E-state index contributed by atoms with van der Waals surface area (Å²) >= 11 is 0. The van der Waals surface area contributed by atoms with Gasteiger partial charge in [-0.15, -0.1) is 0 Å². The molecule has 1 N–H and O–H groups in total. The van der Waals surface area contributed by atoms with Crippen LogP contribution in [-0.4, -0.2) is 30.0 Å². The van der Waals surface area contributed by atoms with Crippen LogP contribution in [0, 0.1) is 5.92 Å². The van der Waals surface area contributed by atoms with Gasteiger partial charge in [0.15, 0.2) is 0 Å². The van der Waals surface area contributed by atoms with Crippen molar-refractivity contribution in [3.05, 3.63) is 0 Å². The van der Waals surface area contributed by atoms with Crippen LogP contribution in [-0.2, 0) is 19.6 Å². The minimum atomic E-state index is -5.13. The fraction of sp³-hybridized carbons (Fsp3) is 0.900. The van der Waals surface area contributed by atoms with Gasteiger partial charge >= 0.3 is 21.1 Å². The molecule has 1 fully saturated rings. The lowest BCUT2D eigenvalue weighted by atomic mass is 10.0. The third kappa shape index (κ3) is 2.77. The molecule has 1 aliphatic rings. The Balaban J connectivity index is 3.06. The summed E-state index contributed by atoms with van der Waals surface area (Å²) in [5.41, 5.74) is 0. The first-order chi connectivity index (χ1) is 7.69. The predicted octanol–water partition coefficient (Wildman–Crippen LogP) is 1.68. The molecule has 0 aliphatic heterocycles. The summed E-state index contributed by atoms with van der Waals surface area (Å²) < 4.78 is 50.3. The molecule has 7 heteroatoms. The summed E-state index contributed by atoms with van der Waals surface area (Å²) in [6, 6.07) is 0. The SMILES string of the molecule is CC(C)OC(=O)C(F)(C1CCCC1)S(=O)(=O)O. The van der Waals surface area contributed by atoms with Gasteiger partial charge < -0.3 is 4.74 Å². The number of rotatable bonds is 4. The summed E-state index contributed by atoms with van der Waals surface area (Å²) in [4.78, 5) is 11.6. The van der Waals surface area contributed by atoms with Gasteiger partial charge in [0.2, 0.25) is 0 Å². The number of esters is 1. The monoisotopic (exact) mass is 268 g/mol. The molecule has 100 valence electrons. The molecule has 0 amide bonds. The Bertz CT molecular complexity index is 386. The summed E-state index contributed by atoms with van der Waals surface area (Å²) in [6.07, 6.45) is 1.15. The van der Waals surface area contributed by atoms with Crippen LogP contribution >= 0.6 is 0 Å². The Labute approximate surface area is 100 Å². The summed E-state index contributed by atoms with van der Waals surface area (Å²) in [5.74, 6) is -2.54. The summed E-state index contributed by atoms with van der Waals surface area (Å²) in [5, 5.41) is -3.33. The van der Waals surface area contributed by atoms with Crippen molar-refractivity contribution in [3.63, 3.8) is 0 Å². The second kappa shape index (κ2) is 4.89. The smallest absolute Gasteiger partial charge is 0.363 e. The largest absolute Gasteiger partial charge is 0.460 e. The maximum Gasteiger partial charge on any atom is 0.363 e. The van der Waals surface area contributed by atoms with Crippen LogP contribution in [0.2, 0.25) is 0 Å². The van der Waals surface area contributed by atoms with Gasteiger partial charge in [-0.3, -0.25) is 4.55 Å². The van der Waals surface area contributed by atoms with Gasteiger partial charge in [-0.05, 0) is 26.7 Å². The fourth-order valence-corrected chi connectivity index (χ4v) is 2.99. The lowest BCUT2D eigenvalue weighted by Crippen LogP contribution is -2.49. The van der Waals surface area contributed by atoms with E-state index in [1.165, 1.54) is 13.8 Å². The molecule has 1 unspecified atom stereocenters. The normalized spacial score (nSPS) is 21.5. The first-order valence-electron chi connectivity index (χ1n) is 5.56. The van der Waals surface area contributed by atoms with E-state index in [-0.39, 0.29) is 12.8 Å². The van der Waals surface area contributed by atoms with Gasteiger partial charge in [-0.1, -0.05) is 12.8 Å². The number of ether oxygens (including phenoxy) is 1. The van der Waals surface area contributed by atoms with Crippen LogP contribution in [0.3, 0.4) is 0 Å². The fourth-order valence-electron chi connectivity index (χ4n) is 2.07. The van der Waals surface area contributed by atoms with Gasteiger partial charge in [0.05, 0.1) is 6.10 Å². The second-order valence-electron chi connectivity index (χ2n) is 4.56. The third-order valence-electron chi connectivity index (χ3n) is 2.88. The molecule has 1 rings (SSSR count). The average Bonchev–Trinajstić information content (AvgIpc) is 2.66. The minimum Gasteiger partial charge on any atom is -0.460 e. The molecule has 0 aromatic carbocycles. The zero-order chi connectivity index (χ0) is 13.3. The molecule has 0 aromatic rings. The average molecular weight is 268 g/mol.